The summed E-state index contributed by atoms with van der Waals surface area (Å²) in [6.07, 6.45) is 3.92. The topological polar surface area (TPSA) is 0 Å². The molecule has 0 unspecified atom stereocenters. The summed E-state index contributed by atoms with van der Waals surface area (Å²) in [5.41, 5.74) is 1.72. The Morgan fingerprint density at radius 1 is 0.957 bits per heavy atom. The van der Waals surface area contributed by atoms with Crippen LogP contribution in [0.25, 0.3) is 5.83 Å². The van der Waals surface area contributed by atoms with Crippen LogP contribution in [0.15, 0.2) is 42.5 Å². The third-order valence-corrected chi connectivity index (χ3v) is 3.56. The molecule has 0 aliphatic rings. The lowest BCUT2D eigenvalue weighted by atomic mass is 10.0. The zero-order valence-corrected chi connectivity index (χ0v) is 12.9. The molecule has 23 heavy (non-hydrogen) atoms. The zero-order valence-electron chi connectivity index (χ0n) is 12.9. The van der Waals surface area contributed by atoms with Gasteiger partial charge < -0.3 is 0 Å². The van der Waals surface area contributed by atoms with Crippen LogP contribution >= 0.6 is 0 Å². The maximum absolute atomic E-state index is 13.9. The van der Waals surface area contributed by atoms with E-state index in [-0.39, 0.29) is 5.83 Å². The third kappa shape index (κ3) is 4.68. The Hall–Kier alpha value is -2.10. The maximum atomic E-state index is 13.9. The van der Waals surface area contributed by atoms with Crippen LogP contribution in [0, 0.1) is 17.5 Å². The highest BCUT2D eigenvalue weighted by atomic mass is 19.2. The van der Waals surface area contributed by atoms with Crippen molar-refractivity contribution in [2.24, 2.45) is 0 Å². The van der Waals surface area contributed by atoms with E-state index >= 15 is 0 Å². The van der Waals surface area contributed by atoms with Gasteiger partial charge in [-0.15, -0.1) is 0 Å². The summed E-state index contributed by atoms with van der Waals surface area (Å²) in [4.78, 5) is 0. The second-order valence-corrected chi connectivity index (χ2v) is 5.41. The summed E-state index contributed by atoms with van der Waals surface area (Å²) in [7, 11) is 0. The van der Waals surface area contributed by atoms with Crippen LogP contribution in [0.5, 0.6) is 0 Å². The molecule has 0 aromatic heterocycles. The van der Waals surface area contributed by atoms with Crippen molar-refractivity contribution in [3.8, 4) is 0 Å². The number of aryl methyl sites for hydroxylation is 2. The van der Waals surface area contributed by atoms with Gasteiger partial charge in [-0.1, -0.05) is 31.5 Å². The van der Waals surface area contributed by atoms with Gasteiger partial charge in [-0.2, -0.15) is 0 Å². The first-order valence-electron chi connectivity index (χ1n) is 7.59. The second-order valence-electron chi connectivity index (χ2n) is 5.41. The molecule has 2 rings (SSSR count). The molecule has 122 valence electrons. The van der Waals surface area contributed by atoms with Gasteiger partial charge in [-0.25, -0.2) is 17.6 Å². The minimum absolute atomic E-state index is 0.271. The first-order chi connectivity index (χ1) is 11.0. The molecule has 0 fully saturated rings. The highest BCUT2D eigenvalue weighted by Gasteiger charge is 2.10. The fourth-order valence-electron chi connectivity index (χ4n) is 2.31. The van der Waals surface area contributed by atoms with E-state index in [1.54, 1.807) is 24.3 Å². The highest BCUT2D eigenvalue weighted by Crippen LogP contribution is 2.20. The van der Waals surface area contributed by atoms with Gasteiger partial charge in [0.15, 0.2) is 17.5 Å². The fourth-order valence-corrected chi connectivity index (χ4v) is 2.31. The minimum atomic E-state index is -1.46. The second kappa shape index (κ2) is 7.95. The largest absolute Gasteiger partial charge is 0.207 e. The molecule has 0 aliphatic heterocycles. The lowest BCUT2D eigenvalue weighted by Gasteiger charge is -2.06. The van der Waals surface area contributed by atoms with Crippen molar-refractivity contribution in [1.29, 1.82) is 0 Å². The molecule has 0 bridgehead atoms. The van der Waals surface area contributed by atoms with Crippen molar-refractivity contribution in [2.75, 3.05) is 0 Å². The molecular weight excluding hydrogens is 304 g/mol. The smallest absolute Gasteiger partial charge is 0.194 e. The van der Waals surface area contributed by atoms with E-state index in [0.717, 1.165) is 24.1 Å². The normalized spacial score (nSPS) is 11.8. The molecule has 0 heterocycles. The third-order valence-electron chi connectivity index (χ3n) is 3.56. The molecular formula is C19H18F4. The SMILES string of the molecule is CCC/C=C(/F)c1cccc(CCc2cc(F)c(F)c(F)c2)c1. The maximum Gasteiger partial charge on any atom is 0.194 e. The Morgan fingerprint density at radius 2 is 1.61 bits per heavy atom. The first kappa shape index (κ1) is 17.3. The van der Waals surface area contributed by atoms with Gasteiger partial charge in [0.05, 0.1) is 0 Å². The van der Waals surface area contributed by atoms with Crippen LogP contribution < -0.4 is 0 Å². The summed E-state index contributed by atoms with van der Waals surface area (Å²) in [6.45, 7) is 1.97. The lowest BCUT2D eigenvalue weighted by molar-refractivity contribution is 0.445. The van der Waals surface area contributed by atoms with Gasteiger partial charge in [-0.3, -0.25) is 0 Å². The van der Waals surface area contributed by atoms with Crippen LogP contribution in [0.2, 0.25) is 0 Å². The van der Waals surface area contributed by atoms with E-state index in [4.69, 9.17) is 0 Å². The summed E-state index contributed by atoms with van der Waals surface area (Å²) in [5.74, 6) is -4.11. The monoisotopic (exact) mass is 322 g/mol. The van der Waals surface area contributed by atoms with Crippen LogP contribution in [0.1, 0.15) is 36.5 Å². The van der Waals surface area contributed by atoms with Gasteiger partial charge in [0.2, 0.25) is 0 Å². The Morgan fingerprint density at radius 3 is 2.26 bits per heavy atom. The molecule has 0 saturated heterocycles. The van der Waals surface area contributed by atoms with Gasteiger partial charge >= 0.3 is 0 Å². The molecule has 0 spiro atoms. The van der Waals surface area contributed by atoms with Crippen molar-refractivity contribution >= 4 is 5.83 Å². The Labute approximate surface area is 133 Å². The van der Waals surface area contributed by atoms with E-state index in [2.05, 4.69) is 0 Å². The average molecular weight is 322 g/mol. The summed E-state index contributed by atoms with van der Waals surface area (Å²) < 4.78 is 53.2. The molecule has 0 atom stereocenters. The lowest BCUT2D eigenvalue weighted by Crippen LogP contribution is -1.97. The van der Waals surface area contributed by atoms with E-state index in [1.807, 2.05) is 13.0 Å². The molecule has 0 N–H and O–H groups in total. The molecule has 2 aromatic carbocycles. The predicted octanol–water partition coefficient (Wildman–Crippen LogP) is 6.00. The number of halogens is 4. The Kier molecular flexibility index (Phi) is 5.97. The number of allylic oxidation sites excluding steroid dienone is 1. The summed E-state index contributed by atoms with van der Waals surface area (Å²) >= 11 is 0. The van der Waals surface area contributed by atoms with Gasteiger partial charge in [0.25, 0.3) is 0 Å². The molecule has 4 heteroatoms. The Bertz CT molecular complexity index is 681. The van der Waals surface area contributed by atoms with Crippen molar-refractivity contribution in [3.05, 3.63) is 76.6 Å². The highest BCUT2D eigenvalue weighted by molar-refractivity contribution is 5.59. The van der Waals surface area contributed by atoms with E-state index in [1.165, 1.54) is 0 Å². The van der Waals surface area contributed by atoms with Crippen molar-refractivity contribution in [3.63, 3.8) is 0 Å². The average Bonchev–Trinajstić information content (AvgIpc) is 2.55. The number of rotatable bonds is 6. The van der Waals surface area contributed by atoms with Crippen LogP contribution in [-0.2, 0) is 12.8 Å². The summed E-state index contributed by atoms with van der Waals surface area (Å²) in [5, 5.41) is 0. The molecule has 0 radical (unpaired) electrons. The van der Waals surface area contributed by atoms with Gasteiger partial charge in [0.1, 0.15) is 5.83 Å². The zero-order chi connectivity index (χ0) is 16.8. The van der Waals surface area contributed by atoms with Gasteiger partial charge in [-0.05, 0) is 54.7 Å². The van der Waals surface area contributed by atoms with E-state index in [9.17, 15) is 17.6 Å². The number of hydrogen-bond acceptors (Lipinski definition) is 0. The molecule has 0 saturated carbocycles. The predicted molar refractivity (Wildman–Crippen MR) is 84.2 cm³/mol. The Balaban J connectivity index is 2.09. The first-order valence-corrected chi connectivity index (χ1v) is 7.59. The number of unbranched alkanes of at least 4 members (excludes halogenated alkanes) is 1. The van der Waals surface area contributed by atoms with Crippen LogP contribution in [-0.4, -0.2) is 0 Å². The van der Waals surface area contributed by atoms with Crippen LogP contribution in [0.3, 0.4) is 0 Å². The van der Waals surface area contributed by atoms with Crippen LogP contribution in [0.4, 0.5) is 17.6 Å². The molecule has 0 amide bonds. The van der Waals surface area contributed by atoms with Crippen molar-refractivity contribution in [1.82, 2.24) is 0 Å². The van der Waals surface area contributed by atoms with E-state index in [0.29, 0.717) is 30.4 Å². The minimum Gasteiger partial charge on any atom is -0.207 e. The number of benzene rings is 2. The van der Waals surface area contributed by atoms with Gasteiger partial charge in [0, 0.05) is 5.56 Å². The number of hydrogen-bond donors (Lipinski definition) is 0. The molecule has 0 aliphatic carbocycles. The molecule has 2 aromatic rings. The van der Waals surface area contributed by atoms with Crippen molar-refractivity contribution in [2.45, 2.75) is 32.6 Å². The fraction of sp³-hybridized carbons (Fsp3) is 0.263. The summed E-state index contributed by atoms with van der Waals surface area (Å²) in [6, 6.07) is 8.96. The quantitative estimate of drug-likeness (QED) is 0.452. The van der Waals surface area contributed by atoms with E-state index < -0.39 is 17.5 Å². The molecule has 0 nitrogen and oxygen atoms in total. The standard InChI is InChI=1S/C19H18F4/c1-2-3-7-16(20)15-6-4-5-13(10-15)8-9-14-11-17(21)19(23)18(22)12-14/h4-7,10-12H,2-3,8-9H2,1H3/b16-7+. The van der Waals surface area contributed by atoms with Crippen molar-refractivity contribution < 1.29 is 17.6 Å².